The van der Waals surface area contributed by atoms with Crippen LogP contribution in [0, 0.1) is 5.82 Å². The topological polar surface area (TPSA) is 98.8 Å². The van der Waals surface area contributed by atoms with Gasteiger partial charge in [-0.25, -0.2) is 9.18 Å². The van der Waals surface area contributed by atoms with Crippen molar-refractivity contribution in [1.29, 1.82) is 0 Å². The monoisotopic (exact) mass is 417 g/mol. The van der Waals surface area contributed by atoms with Gasteiger partial charge in [-0.1, -0.05) is 42.5 Å². The van der Waals surface area contributed by atoms with E-state index in [4.69, 9.17) is 9.47 Å². The van der Waals surface area contributed by atoms with Crippen molar-refractivity contribution in [3.63, 3.8) is 0 Å². The van der Waals surface area contributed by atoms with Crippen LogP contribution in [0.2, 0.25) is 0 Å². The number of hydrogen-bond acceptors (Lipinski definition) is 6. The average molecular weight is 417 g/mol. The standard InChI is InChI=1S/C11H11FO3.C11H13NO3/c1-7(13)11(15-8(2)14)9-3-5-10(12)6-4-9;1-9(7-13)12-11(14)15-8-10-5-3-2-4-6-10/h3-6,11H,1-2H3;2-7,9H,8H2,1H3,(H,12,14). The quantitative estimate of drug-likeness (QED) is 0.547. The Morgan fingerprint density at radius 3 is 2.13 bits per heavy atom. The molecule has 0 fully saturated rings. The van der Waals surface area contributed by atoms with Crippen LogP contribution in [0.15, 0.2) is 54.6 Å². The number of Topliss-reactive ketones (excluding diaryl/α,β-unsaturated/α-hetero) is 1. The summed E-state index contributed by atoms with van der Waals surface area (Å²) in [4.78, 5) is 43.3. The zero-order chi connectivity index (χ0) is 22.5. The van der Waals surface area contributed by atoms with E-state index in [1.807, 2.05) is 30.3 Å². The number of esters is 1. The molecule has 0 spiro atoms. The molecule has 0 aromatic heterocycles. The van der Waals surface area contributed by atoms with E-state index in [0.717, 1.165) is 5.56 Å². The lowest BCUT2D eigenvalue weighted by atomic mass is 10.1. The van der Waals surface area contributed by atoms with Crippen LogP contribution in [0.5, 0.6) is 0 Å². The van der Waals surface area contributed by atoms with Crippen molar-refractivity contribution in [3.05, 3.63) is 71.5 Å². The molecule has 2 unspecified atom stereocenters. The second-order valence-electron chi connectivity index (χ2n) is 6.28. The Hall–Kier alpha value is -3.55. The molecule has 2 rings (SSSR count). The number of amides is 1. The molecule has 0 aliphatic carbocycles. The first-order valence-corrected chi connectivity index (χ1v) is 9.08. The first-order valence-electron chi connectivity index (χ1n) is 9.08. The average Bonchev–Trinajstić information content (AvgIpc) is 2.72. The second kappa shape index (κ2) is 12.8. The lowest BCUT2D eigenvalue weighted by Gasteiger charge is -2.13. The predicted octanol–water partition coefficient (Wildman–Crippen LogP) is 3.52. The minimum Gasteiger partial charge on any atom is -0.450 e. The summed E-state index contributed by atoms with van der Waals surface area (Å²) < 4.78 is 22.3. The van der Waals surface area contributed by atoms with Gasteiger partial charge in [0.25, 0.3) is 0 Å². The summed E-state index contributed by atoms with van der Waals surface area (Å²) in [6.07, 6.45) is -0.884. The van der Waals surface area contributed by atoms with Crippen molar-refractivity contribution in [2.24, 2.45) is 0 Å². The number of ketones is 1. The highest BCUT2D eigenvalue weighted by atomic mass is 19.1. The van der Waals surface area contributed by atoms with E-state index in [-0.39, 0.29) is 12.4 Å². The number of aldehydes is 1. The first-order chi connectivity index (χ1) is 14.2. The normalized spacial score (nSPS) is 11.7. The molecule has 0 radical (unpaired) electrons. The van der Waals surface area contributed by atoms with Gasteiger partial charge in [-0.2, -0.15) is 0 Å². The fourth-order valence-corrected chi connectivity index (χ4v) is 2.17. The van der Waals surface area contributed by atoms with Gasteiger partial charge in [0.1, 0.15) is 18.7 Å². The van der Waals surface area contributed by atoms with Crippen LogP contribution in [0.25, 0.3) is 0 Å². The largest absolute Gasteiger partial charge is 0.450 e. The Morgan fingerprint density at radius 2 is 1.63 bits per heavy atom. The molecule has 8 heteroatoms. The third-order valence-electron chi connectivity index (χ3n) is 3.59. The summed E-state index contributed by atoms with van der Waals surface area (Å²) in [6.45, 7) is 4.32. The Morgan fingerprint density at radius 1 is 1.03 bits per heavy atom. The van der Waals surface area contributed by atoms with E-state index in [9.17, 15) is 23.6 Å². The van der Waals surface area contributed by atoms with Crippen LogP contribution in [-0.2, 0) is 30.5 Å². The number of alkyl carbamates (subject to hydrolysis) is 1. The van der Waals surface area contributed by atoms with Crippen molar-refractivity contribution in [3.8, 4) is 0 Å². The van der Waals surface area contributed by atoms with Gasteiger partial charge in [-0.05, 0) is 31.5 Å². The Kier molecular flexibility index (Phi) is 10.5. The maximum absolute atomic E-state index is 12.6. The smallest absolute Gasteiger partial charge is 0.408 e. The second-order valence-corrected chi connectivity index (χ2v) is 6.28. The Labute approximate surface area is 174 Å². The van der Waals surface area contributed by atoms with E-state index in [1.165, 1.54) is 38.1 Å². The number of hydrogen-bond donors (Lipinski definition) is 1. The van der Waals surface area contributed by atoms with Gasteiger partial charge in [0.2, 0.25) is 0 Å². The molecule has 0 aliphatic heterocycles. The highest BCUT2D eigenvalue weighted by Gasteiger charge is 2.19. The molecule has 1 N–H and O–H groups in total. The van der Waals surface area contributed by atoms with E-state index in [0.29, 0.717) is 11.8 Å². The number of benzene rings is 2. The third-order valence-corrected chi connectivity index (χ3v) is 3.59. The van der Waals surface area contributed by atoms with Crippen molar-refractivity contribution >= 4 is 24.1 Å². The molecule has 0 saturated heterocycles. The number of ether oxygens (including phenoxy) is 2. The fraction of sp³-hybridized carbons (Fsp3) is 0.273. The van der Waals surface area contributed by atoms with Gasteiger partial charge in [0.15, 0.2) is 11.9 Å². The summed E-state index contributed by atoms with van der Waals surface area (Å²) in [5.74, 6) is -1.24. The fourth-order valence-electron chi connectivity index (χ4n) is 2.17. The summed E-state index contributed by atoms with van der Waals surface area (Å²) in [6, 6.07) is 14.1. The number of carbonyl (C=O) groups excluding carboxylic acids is 4. The summed E-state index contributed by atoms with van der Waals surface area (Å²) in [5, 5.41) is 2.37. The number of carbonyl (C=O) groups is 4. The van der Waals surface area contributed by atoms with Crippen LogP contribution in [0.1, 0.15) is 38.0 Å². The molecular weight excluding hydrogens is 393 g/mol. The molecule has 0 heterocycles. The highest BCUT2D eigenvalue weighted by molar-refractivity contribution is 5.84. The van der Waals surface area contributed by atoms with E-state index >= 15 is 0 Å². The van der Waals surface area contributed by atoms with E-state index in [1.54, 1.807) is 6.92 Å². The van der Waals surface area contributed by atoms with Gasteiger partial charge < -0.3 is 19.6 Å². The molecular formula is C22H24FNO6. The number of nitrogens with one attached hydrogen (secondary N) is 1. The van der Waals surface area contributed by atoms with Crippen LogP contribution >= 0.6 is 0 Å². The Balaban J connectivity index is 0.000000300. The molecule has 2 aromatic rings. The molecule has 2 atom stereocenters. The van der Waals surface area contributed by atoms with Gasteiger partial charge in [-0.15, -0.1) is 0 Å². The molecule has 7 nitrogen and oxygen atoms in total. The van der Waals surface area contributed by atoms with Gasteiger partial charge in [0.05, 0.1) is 6.04 Å². The van der Waals surface area contributed by atoms with Crippen molar-refractivity contribution in [1.82, 2.24) is 5.32 Å². The van der Waals surface area contributed by atoms with E-state index in [2.05, 4.69) is 5.32 Å². The summed E-state index contributed by atoms with van der Waals surface area (Å²) in [7, 11) is 0. The minimum atomic E-state index is -0.942. The summed E-state index contributed by atoms with van der Waals surface area (Å²) >= 11 is 0. The van der Waals surface area contributed by atoms with Crippen molar-refractivity contribution in [2.75, 3.05) is 0 Å². The third kappa shape index (κ3) is 9.59. The molecule has 1 amide bonds. The van der Waals surface area contributed by atoms with E-state index < -0.39 is 30.0 Å². The lowest BCUT2D eigenvalue weighted by Crippen LogP contribution is -2.33. The predicted molar refractivity (Wildman–Crippen MR) is 107 cm³/mol. The molecule has 0 bridgehead atoms. The molecule has 30 heavy (non-hydrogen) atoms. The minimum absolute atomic E-state index is 0.207. The number of halogens is 1. The van der Waals surface area contributed by atoms with Crippen molar-refractivity contribution in [2.45, 2.75) is 39.5 Å². The molecule has 160 valence electrons. The molecule has 0 aliphatic rings. The maximum atomic E-state index is 12.6. The Bertz CT molecular complexity index is 838. The van der Waals surface area contributed by atoms with Gasteiger partial charge in [0, 0.05) is 12.5 Å². The molecule has 0 saturated carbocycles. The highest BCUT2D eigenvalue weighted by Crippen LogP contribution is 2.19. The zero-order valence-corrected chi connectivity index (χ0v) is 17.0. The maximum Gasteiger partial charge on any atom is 0.408 e. The van der Waals surface area contributed by atoms with Crippen LogP contribution < -0.4 is 5.32 Å². The van der Waals surface area contributed by atoms with Crippen LogP contribution in [0.4, 0.5) is 9.18 Å². The molecule has 2 aromatic carbocycles. The summed E-state index contributed by atoms with van der Waals surface area (Å²) in [5.41, 5.74) is 1.38. The SMILES string of the molecule is CC(=O)OC(C(C)=O)c1ccc(F)cc1.CC(C=O)NC(=O)OCc1ccccc1. The van der Waals surface area contributed by atoms with Crippen LogP contribution in [-0.4, -0.2) is 30.2 Å². The zero-order valence-electron chi connectivity index (χ0n) is 17.0. The first kappa shape index (κ1) is 24.5. The lowest BCUT2D eigenvalue weighted by molar-refractivity contribution is -0.152. The number of rotatable bonds is 7. The van der Waals surface area contributed by atoms with Gasteiger partial charge >= 0.3 is 12.1 Å². The van der Waals surface area contributed by atoms with Gasteiger partial charge in [-0.3, -0.25) is 9.59 Å². The van der Waals surface area contributed by atoms with Crippen molar-refractivity contribution < 1.29 is 33.0 Å². The van der Waals surface area contributed by atoms with Crippen LogP contribution in [0.3, 0.4) is 0 Å².